The number of nitrogens with zero attached hydrogens (tertiary/aromatic N) is 1. The fourth-order valence-corrected chi connectivity index (χ4v) is 6.48. The maximum atomic E-state index is 14.9. The van der Waals surface area contributed by atoms with Crippen LogP contribution in [0.5, 0.6) is 0 Å². The number of carbonyl (C=O) groups is 3. The molecule has 2 aromatic carbocycles. The third-order valence-electron chi connectivity index (χ3n) is 5.15. The van der Waals surface area contributed by atoms with Gasteiger partial charge in [0.1, 0.15) is 15.8 Å². The standard InChI is InChI=1S/C23H17ClFNO5S2/c1-13-2-4-17-15(8-13)11-21(28)26(23(17)29)19-5-3-14(10-18(19)25)9-16(27)12-33(30,31)22-7-6-20(24)32-22/h2-8,10H,9,11-12H2,1H3. The van der Waals surface area contributed by atoms with E-state index in [2.05, 4.69) is 0 Å². The van der Waals surface area contributed by atoms with Gasteiger partial charge in [0.05, 0.1) is 16.4 Å². The summed E-state index contributed by atoms with van der Waals surface area (Å²) in [6.45, 7) is 1.85. The van der Waals surface area contributed by atoms with Gasteiger partial charge in [-0.05, 0) is 48.4 Å². The molecular weight excluding hydrogens is 489 g/mol. The maximum Gasteiger partial charge on any atom is 0.265 e. The van der Waals surface area contributed by atoms with Crippen LogP contribution in [-0.2, 0) is 32.3 Å². The number of benzene rings is 2. The molecule has 170 valence electrons. The lowest BCUT2D eigenvalue weighted by Gasteiger charge is -2.27. The van der Waals surface area contributed by atoms with Gasteiger partial charge in [-0.15, -0.1) is 11.3 Å². The summed E-state index contributed by atoms with van der Waals surface area (Å²) in [6.07, 6.45) is -0.355. The van der Waals surface area contributed by atoms with E-state index in [0.717, 1.165) is 27.9 Å². The molecule has 0 aliphatic carbocycles. The predicted molar refractivity (Wildman–Crippen MR) is 123 cm³/mol. The molecule has 0 bridgehead atoms. The second-order valence-corrected chi connectivity index (χ2v) is 11.6. The highest BCUT2D eigenvalue weighted by atomic mass is 35.5. The lowest BCUT2D eigenvalue weighted by Crippen LogP contribution is -2.43. The van der Waals surface area contributed by atoms with E-state index in [-0.39, 0.29) is 28.3 Å². The molecule has 4 rings (SSSR count). The Labute approximate surface area is 198 Å². The SMILES string of the molecule is Cc1ccc2c(c1)CC(=O)N(c1ccc(CC(=O)CS(=O)(=O)c3ccc(Cl)s3)cc1F)C2=O. The van der Waals surface area contributed by atoms with Crippen LogP contribution in [0.25, 0.3) is 0 Å². The number of hydrogen-bond acceptors (Lipinski definition) is 6. The third kappa shape index (κ3) is 4.75. The van der Waals surface area contributed by atoms with Gasteiger partial charge in [0, 0.05) is 12.0 Å². The van der Waals surface area contributed by atoms with E-state index in [4.69, 9.17) is 11.6 Å². The summed E-state index contributed by atoms with van der Waals surface area (Å²) < 4.78 is 39.9. The summed E-state index contributed by atoms with van der Waals surface area (Å²) in [7, 11) is -3.85. The molecule has 0 unspecified atom stereocenters. The largest absolute Gasteiger partial charge is 0.298 e. The van der Waals surface area contributed by atoms with Crippen LogP contribution in [0, 0.1) is 12.7 Å². The van der Waals surface area contributed by atoms with Crippen molar-refractivity contribution in [2.45, 2.75) is 24.0 Å². The Balaban J connectivity index is 1.52. The number of fused-ring (bicyclic) bond motifs is 1. The summed E-state index contributed by atoms with van der Waals surface area (Å²) in [4.78, 5) is 38.6. The van der Waals surface area contributed by atoms with Gasteiger partial charge >= 0.3 is 0 Å². The zero-order valence-electron chi connectivity index (χ0n) is 17.3. The Morgan fingerprint density at radius 2 is 1.88 bits per heavy atom. The second kappa shape index (κ2) is 8.81. The van der Waals surface area contributed by atoms with Crippen LogP contribution in [0.2, 0.25) is 4.34 Å². The van der Waals surface area contributed by atoms with Crippen molar-refractivity contribution < 1.29 is 27.2 Å². The van der Waals surface area contributed by atoms with Crippen LogP contribution in [0.1, 0.15) is 27.0 Å². The lowest BCUT2D eigenvalue weighted by molar-refractivity contribution is -0.118. The Kier molecular flexibility index (Phi) is 6.22. The first-order valence-electron chi connectivity index (χ1n) is 9.80. The molecule has 1 aromatic heterocycles. The topological polar surface area (TPSA) is 88.6 Å². The number of sulfone groups is 1. The van der Waals surface area contributed by atoms with Crippen molar-refractivity contribution in [3.8, 4) is 0 Å². The van der Waals surface area contributed by atoms with E-state index in [1.54, 1.807) is 18.2 Å². The minimum atomic E-state index is -3.85. The molecule has 0 radical (unpaired) electrons. The van der Waals surface area contributed by atoms with E-state index in [0.29, 0.717) is 15.5 Å². The van der Waals surface area contributed by atoms with Gasteiger partial charge in [-0.3, -0.25) is 14.4 Å². The minimum Gasteiger partial charge on any atom is -0.298 e. The first kappa shape index (κ1) is 23.3. The van der Waals surface area contributed by atoms with E-state index in [1.165, 1.54) is 24.3 Å². The third-order valence-corrected chi connectivity index (χ3v) is 8.63. The Hall–Kier alpha value is -2.88. The number of anilines is 1. The first-order valence-corrected chi connectivity index (χ1v) is 12.6. The van der Waals surface area contributed by atoms with Crippen LogP contribution in [0.15, 0.2) is 52.7 Å². The summed E-state index contributed by atoms with van der Waals surface area (Å²) >= 11 is 6.62. The normalized spacial score (nSPS) is 13.8. The molecule has 2 heterocycles. The fourth-order valence-electron chi connectivity index (χ4n) is 3.67. The molecule has 0 fully saturated rings. The van der Waals surface area contributed by atoms with E-state index in [1.807, 2.05) is 6.92 Å². The average Bonchev–Trinajstić information content (AvgIpc) is 3.16. The molecule has 0 saturated heterocycles. The van der Waals surface area contributed by atoms with Crippen molar-refractivity contribution in [2.24, 2.45) is 0 Å². The van der Waals surface area contributed by atoms with Crippen LogP contribution in [0.3, 0.4) is 0 Å². The number of Topliss-reactive ketones (excluding diaryl/α,β-unsaturated/α-hetero) is 1. The van der Waals surface area contributed by atoms with Crippen molar-refractivity contribution >= 4 is 56.1 Å². The number of thiophene rings is 1. The van der Waals surface area contributed by atoms with Crippen LogP contribution in [0.4, 0.5) is 10.1 Å². The molecule has 1 aliphatic rings. The van der Waals surface area contributed by atoms with Gasteiger partial charge in [0.25, 0.3) is 5.91 Å². The molecule has 6 nitrogen and oxygen atoms in total. The van der Waals surface area contributed by atoms with Gasteiger partial charge in [-0.2, -0.15) is 0 Å². The van der Waals surface area contributed by atoms with Crippen molar-refractivity contribution in [1.29, 1.82) is 0 Å². The Morgan fingerprint density at radius 3 is 2.55 bits per heavy atom. The molecular formula is C23H17ClFNO5S2. The zero-order valence-corrected chi connectivity index (χ0v) is 19.7. The van der Waals surface area contributed by atoms with Gasteiger partial charge in [-0.25, -0.2) is 17.7 Å². The average molecular weight is 506 g/mol. The number of ketones is 1. The maximum absolute atomic E-state index is 14.9. The molecule has 3 aromatic rings. The Morgan fingerprint density at radius 1 is 1.12 bits per heavy atom. The quantitative estimate of drug-likeness (QED) is 0.469. The number of amides is 2. The number of rotatable bonds is 6. The van der Waals surface area contributed by atoms with Gasteiger partial charge < -0.3 is 0 Å². The van der Waals surface area contributed by atoms with Crippen molar-refractivity contribution in [1.82, 2.24) is 0 Å². The smallest absolute Gasteiger partial charge is 0.265 e. The van der Waals surface area contributed by atoms with Crippen LogP contribution >= 0.6 is 22.9 Å². The molecule has 33 heavy (non-hydrogen) atoms. The summed E-state index contributed by atoms with van der Waals surface area (Å²) in [5, 5.41) is 0. The van der Waals surface area contributed by atoms with Gasteiger partial charge in [-0.1, -0.05) is 35.4 Å². The zero-order chi connectivity index (χ0) is 23.9. The highest BCUT2D eigenvalue weighted by Crippen LogP contribution is 2.29. The molecule has 0 saturated carbocycles. The summed E-state index contributed by atoms with van der Waals surface area (Å²) in [5.41, 5.74) is 1.85. The van der Waals surface area contributed by atoms with Crippen molar-refractivity contribution in [3.63, 3.8) is 0 Å². The number of carbonyl (C=O) groups excluding carboxylic acids is 3. The summed E-state index contributed by atoms with van der Waals surface area (Å²) in [5.74, 6) is -3.40. The number of imide groups is 1. The van der Waals surface area contributed by atoms with Crippen LogP contribution < -0.4 is 4.90 Å². The molecule has 1 aliphatic heterocycles. The predicted octanol–water partition coefficient (Wildman–Crippen LogP) is 4.16. The highest BCUT2D eigenvalue weighted by Gasteiger charge is 2.33. The van der Waals surface area contributed by atoms with Gasteiger partial charge in [0.15, 0.2) is 15.6 Å². The molecule has 10 heteroatoms. The monoisotopic (exact) mass is 505 g/mol. The molecule has 0 spiro atoms. The Bertz CT molecular complexity index is 1410. The van der Waals surface area contributed by atoms with E-state index >= 15 is 0 Å². The van der Waals surface area contributed by atoms with Gasteiger partial charge in [0.2, 0.25) is 5.91 Å². The fraction of sp³-hybridized carbons (Fsp3) is 0.174. The number of hydrogen-bond donors (Lipinski definition) is 0. The summed E-state index contributed by atoms with van der Waals surface area (Å²) in [6, 6.07) is 11.6. The van der Waals surface area contributed by atoms with E-state index < -0.39 is 39.0 Å². The molecule has 0 atom stereocenters. The van der Waals surface area contributed by atoms with E-state index in [9.17, 15) is 27.2 Å². The second-order valence-electron chi connectivity index (χ2n) is 7.69. The number of halogens is 2. The molecule has 0 N–H and O–H groups in total. The van der Waals surface area contributed by atoms with Crippen molar-refractivity contribution in [3.05, 3.63) is 80.9 Å². The van der Waals surface area contributed by atoms with Crippen LogP contribution in [-0.4, -0.2) is 31.8 Å². The van der Waals surface area contributed by atoms with Crippen molar-refractivity contribution in [2.75, 3.05) is 10.7 Å². The molecule has 2 amide bonds. The highest BCUT2D eigenvalue weighted by molar-refractivity contribution is 7.94. The lowest BCUT2D eigenvalue weighted by atomic mass is 9.96. The minimum absolute atomic E-state index is 0.0139. The first-order chi connectivity index (χ1) is 15.5. The number of aryl methyl sites for hydroxylation is 1.